The Bertz CT molecular complexity index is 350. The fourth-order valence-corrected chi connectivity index (χ4v) is 4.37. The second kappa shape index (κ2) is 6.81. The van der Waals surface area contributed by atoms with Gasteiger partial charge in [-0.05, 0) is 48.9 Å². The first kappa shape index (κ1) is 13.4. The molecule has 1 heterocycles. The smallest absolute Gasteiger partial charge is 0.0210 e. The zero-order valence-electron chi connectivity index (χ0n) is 10.3. The van der Waals surface area contributed by atoms with Gasteiger partial charge in [-0.15, -0.1) is 0 Å². The van der Waals surface area contributed by atoms with Crippen molar-refractivity contribution in [2.45, 2.75) is 18.8 Å². The Kier molecular flexibility index (Phi) is 5.39. The molecule has 1 fully saturated rings. The first-order valence-electron chi connectivity index (χ1n) is 6.29. The molecule has 17 heavy (non-hydrogen) atoms. The summed E-state index contributed by atoms with van der Waals surface area (Å²) in [5, 5.41) is 3.36. The van der Waals surface area contributed by atoms with Gasteiger partial charge in [-0.1, -0.05) is 34.1 Å². The number of benzene rings is 1. The van der Waals surface area contributed by atoms with Gasteiger partial charge in [-0.2, -0.15) is 11.8 Å². The van der Waals surface area contributed by atoms with E-state index in [4.69, 9.17) is 0 Å². The molecule has 0 spiro atoms. The molecule has 1 aromatic carbocycles. The number of halogens is 1. The summed E-state index contributed by atoms with van der Waals surface area (Å²) in [6.45, 7) is 1.08. The fourth-order valence-electron chi connectivity index (χ4n) is 2.64. The highest BCUT2D eigenvalue weighted by molar-refractivity contribution is 9.10. The van der Waals surface area contributed by atoms with E-state index in [2.05, 4.69) is 64.3 Å². The molecule has 0 aliphatic carbocycles. The van der Waals surface area contributed by atoms with Crippen LogP contribution in [-0.4, -0.2) is 25.1 Å². The maximum absolute atomic E-state index is 3.70. The van der Waals surface area contributed by atoms with E-state index in [0.29, 0.717) is 5.92 Å². The molecule has 1 aliphatic rings. The van der Waals surface area contributed by atoms with E-state index in [9.17, 15) is 0 Å². The molecule has 0 amide bonds. The average molecular weight is 314 g/mol. The average Bonchev–Trinajstić information content (AvgIpc) is 2.38. The van der Waals surface area contributed by atoms with E-state index in [-0.39, 0.29) is 0 Å². The van der Waals surface area contributed by atoms with Crippen molar-refractivity contribution in [3.8, 4) is 0 Å². The van der Waals surface area contributed by atoms with E-state index in [0.717, 1.165) is 12.5 Å². The molecule has 1 saturated heterocycles. The summed E-state index contributed by atoms with van der Waals surface area (Å²) in [7, 11) is 2.06. The summed E-state index contributed by atoms with van der Waals surface area (Å²) in [6, 6.07) is 8.68. The van der Waals surface area contributed by atoms with Crippen molar-refractivity contribution in [2.24, 2.45) is 5.92 Å². The van der Waals surface area contributed by atoms with Crippen LogP contribution in [0.2, 0.25) is 0 Å². The third kappa shape index (κ3) is 3.49. The van der Waals surface area contributed by atoms with Gasteiger partial charge < -0.3 is 5.32 Å². The van der Waals surface area contributed by atoms with Crippen LogP contribution in [0.5, 0.6) is 0 Å². The number of likely N-dealkylation sites (N-methyl/N-ethyl adjacent to an activating group) is 1. The zero-order valence-corrected chi connectivity index (χ0v) is 12.7. The van der Waals surface area contributed by atoms with Gasteiger partial charge in [0.05, 0.1) is 0 Å². The molecule has 0 radical (unpaired) electrons. The molecule has 1 atom stereocenters. The molecule has 1 aromatic rings. The summed E-state index contributed by atoms with van der Waals surface area (Å²) < 4.78 is 1.26. The van der Waals surface area contributed by atoms with Crippen LogP contribution < -0.4 is 5.32 Å². The van der Waals surface area contributed by atoms with Crippen LogP contribution in [0.25, 0.3) is 0 Å². The molecule has 1 unspecified atom stereocenters. The number of hydrogen-bond acceptors (Lipinski definition) is 2. The molecule has 3 heteroatoms. The lowest BCUT2D eigenvalue weighted by Gasteiger charge is -2.31. The number of thioether (sulfide) groups is 1. The Labute approximate surface area is 117 Å². The van der Waals surface area contributed by atoms with Gasteiger partial charge in [0.25, 0.3) is 0 Å². The van der Waals surface area contributed by atoms with Crippen molar-refractivity contribution in [1.82, 2.24) is 5.32 Å². The lowest BCUT2D eigenvalue weighted by atomic mass is 9.82. The molecule has 2 rings (SSSR count). The van der Waals surface area contributed by atoms with Crippen molar-refractivity contribution in [3.05, 3.63) is 34.3 Å². The lowest BCUT2D eigenvalue weighted by Crippen LogP contribution is -2.27. The van der Waals surface area contributed by atoms with Crippen molar-refractivity contribution in [2.75, 3.05) is 25.1 Å². The third-order valence-corrected chi connectivity index (χ3v) is 5.33. The molecule has 1 aliphatic heterocycles. The number of nitrogens with one attached hydrogen (secondary N) is 1. The Morgan fingerprint density at radius 2 is 2.06 bits per heavy atom. The maximum atomic E-state index is 3.70. The highest BCUT2D eigenvalue weighted by Crippen LogP contribution is 2.37. The Balaban J connectivity index is 2.18. The van der Waals surface area contributed by atoms with E-state index >= 15 is 0 Å². The van der Waals surface area contributed by atoms with Crippen molar-refractivity contribution >= 4 is 27.7 Å². The van der Waals surface area contributed by atoms with E-state index in [1.807, 2.05) is 0 Å². The van der Waals surface area contributed by atoms with E-state index in [1.54, 1.807) is 0 Å². The van der Waals surface area contributed by atoms with Crippen LogP contribution in [0.4, 0.5) is 0 Å². The molecule has 1 nitrogen and oxygen atoms in total. The Morgan fingerprint density at radius 1 is 1.35 bits per heavy atom. The van der Waals surface area contributed by atoms with Gasteiger partial charge in [0.1, 0.15) is 0 Å². The quantitative estimate of drug-likeness (QED) is 0.905. The number of rotatable bonds is 4. The highest BCUT2D eigenvalue weighted by Gasteiger charge is 2.25. The van der Waals surface area contributed by atoms with Gasteiger partial charge in [0, 0.05) is 16.9 Å². The van der Waals surface area contributed by atoms with Crippen LogP contribution >= 0.6 is 27.7 Å². The molecular formula is C14H20BrNS. The topological polar surface area (TPSA) is 12.0 Å². The van der Waals surface area contributed by atoms with Crippen LogP contribution in [0, 0.1) is 5.92 Å². The first-order chi connectivity index (χ1) is 8.33. The highest BCUT2D eigenvalue weighted by atomic mass is 79.9. The maximum Gasteiger partial charge on any atom is 0.0210 e. The minimum absolute atomic E-state index is 0.650. The summed E-state index contributed by atoms with van der Waals surface area (Å²) >= 11 is 5.80. The summed E-state index contributed by atoms with van der Waals surface area (Å²) in [4.78, 5) is 0. The van der Waals surface area contributed by atoms with Gasteiger partial charge in [0.15, 0.2) is 0 Å². The normalized spacial score (nSPS) is 19.2. The summed E-state index contributed by atoms with van der Waals surface area (Å²) in [5.74, 6) is 4.14. The first-order valence-corrected chi connectivity index (χ1v) is 8.24. The van der Waals surface area contributed by atoms with Gasteiger partial charge in [0.2, 0.25) is 0 Å². The minimum atomic E-state index is 0.650. The molecule has 0 aromatic heterocycles. The largest absolute Gasteiger partial charge is 0.319 e. The zero-order chi connectivity index (χ0) is 12.1. The van der Waals surface area contributed by atoms with Crippen LogP contribution in [0.1, 0.15) is 24.3 Å². The van der Waals surface area contributed by atoms with Crippen molar-refractivity contribution in [3.63, 3.8) is 0 Å². The Morgan fingerprint density at radius 3 is 2.71 bits per heavy atom. The van der Waals surface area contributed by atoms with Crippen molar-refractivity contribution < 1.29 is 0 Å². The molecule has 1 N–H and O–H groups in total. The lowest BCUT2D eigenvalue weighted by molar-refractivity contribution is 0.385. The standard InChI is InChI=1S/C14H20BrNS/c1-16-10-13(11-6-8-17-9-7-11)12-4-2-3-5-14(12)15/h2-5,11,13,16H,6-10H2,1H3. The fraction of sp³-hybridized carbons (Fsp3) is 0.571. The van der Waals surface area contributed by atoms with E-state index in [1.165, 1.54) is 34.4 Å². The monoisotopic (exact) mass is 313 g/mol. The van der Waals surface area contributed by atoms with Crippen LogP contribution in [0.15, 0.2) is 28.7 Å². The molecule has 0 bridgehead atoms. The molecular weight excluding hydrogens is 294 g/mol. The van der Waals surface area contributed by atoms with E-state index < -0.39 is 0 Å². The molecule has 0 saturated carbocycles. The third-order valence-electron chi connectivity index (χ3n) is 3.56. The van der Waals surface area contributed by atoms with Gasteiger partial charge in [-0.25, -0.2) is 0 Å². The van der Waals surface area contributed by atoms with Crippen molar-refractivity contribution in [1.29, 1.82) is 0 Å². The predicted octanol–water partition coefficient (Wildman–Crippen LogP) is 3.90. The summed E-state index contributed by atoms with van der Waals surface area (Å²) in [5.41, 5.74) is 1.47. The van der Waals surface area contributed by atoms with Gasteiger partial charge in [-0.3, -0.25) is 0 Å². The Hall–Kier alpha value is 0.01000. The van der Waals surface area contributed by atoms with Gasteiger partial charge >= 0.3 is 0 Å². The second-order valence-corrected chi connectivity index (χ2v) is 6.71. The summed E-state index contributed by atoms with van der Waals surface area (Å²) in [6.07, 6.45) is 2.72. The van der Waals surface area contributed by atoms with Crippen LogP contribution in [0.3, 0.4) is 0 Å². The molecule has 94 valence electrons. The SMILES string of the molecule is CNCC(c1ccccc1Br)C1CCSCC1. The second-order valence-electron chi connectivity index (χ2n) is 4.64. The number of hydrogen-bond donors (Lipinski definition) is 1. The minimum Gasteiger partial charge on any atom is -0.319 e. The predicted molar refractivity (Wildman–Crippen MR) is 80.9 cm³/mol. The van der Waals surface area contributed by atoms with Crippen LogP contribution in [-0.2, 0) is 0 Å².